The van der Waals surface area contributed by atoms with Crippen LogP contribution in [0.4, 0.5) is 0 Å². The summed E-state index contributed by atoms with van der Waals surface area (Å²) >= 11 is 0. The lowest BCUT2D eigenvalue weighted by Gasteiger charge is -2.19. The molecule has 1 aliphatic heterocycles. The Morgan fingerprint density at radius 1 is 0.944 bits per heavy atom. The molecule has 0 spiro atoms. The third-order valence-electron chi connectivity index (χ3n) is 3.37. The molecule has 3 heteroatoms. The molecule has 0 atom stereocenters. The zero-order valence-corrected chi connectivity index (χ0v) is 10.6. The second-order valence-electron chi connectivity index (χ2n) is 4.76. The van der Waals surface area contributed by atoms with Gasteiger partial charge in [-0.2, -0.15) is 0 Å². The zero-order chi connectivity index (χ0) is 12.8. The van der Waals surface area contributed by atoms with Gasteiger partial charge in [0.15, 0.2) is 5.78 Å². The molecule has 0 N–H and O–H groups in total. The van der Waals surface area contributed by atoms with Crippen molar-refractivity contribution in [2.45, 2.75) is 32.1 Å². The number of carbonyl (C=O) groups excluding carboxylic acids is 2. The van der Waals surface area contributed by atoms with Crippen molar-refractivity contribution in [3.8, 4) is 0 Å². The lowest BCUT2D eigenvalue weighted by Crippen LogP contribution is -2.33. The Kier molecular flexibility index (Phi) is 4.51. The molecule has 1 fully saturated rings. The normalized spacial score (nSPS) is 16.1. The molecule has 2 rings (SSSR count). The molecule has 1 aromatic carbocycles. The SMILES string of the molecule is O=C(CC(=O)N1CCCCCC1)c1ccccc1. The number of amides is 1. The highest BCUT2D eigenvalue weighted by atomic mass is 16.2. The number of hydrogen-bond donors (Lipinski definition) is 0. The van der Waals surface area contributed by atoms with Crippen LogP contribution in [0.1, 0.15) is 42.5 Å². The van der Waals surface area contributed by atoms with Crippen LogP contribution in [0.5, 0.6) is 0 Å². The lowest BCUT2D eigenvalue weighted by molar-refractivity contribution is -0.130. The highest BCUT2D eigenvalue weighted by Crippen LogP contribution is 2.12. The fourth-order valence-corrected chi connectivity index (χ4v) is 2.30. The van der Waals surface area contributed by atoms with Crippen molar-refractivity contribution in [2.75, 3.05) is 13.1 Å². The Hall–Kier alpha value is -1.64. The predicted molar refractivity (Wildman–Crippen MR) is 70.4 cm³/mol. The van der Waals surface area contributed by atoms with E-state index in [1.807, 2.05) is 23.1 Å². The maximum absolute atomic E-state index is 12.0. The van der Waals surface area contributed by atoms with Gasteiger partial charge in [0, 0.05) is 18.7 Å². The van der Waals surface area contributed by atoms with Gasteiger partial charge in [-0.1, -0.05) is 43.2 Å². The second kappa shape index (κ2) is 6.34. The van der Waals surface area contributed by atoms with Gasteiger partial charge in [-0.25, -0.2) is 0 Å². The van der Waals surface area contributed by atoms with Crippen molar-refractivity contribution in [3.05, 3.63) is 35.9 Å². The highest BCUT2D eigenvalue weighted by Gasteiger charge is 2.18. The van der Waals surface area contributed by atoms with Crippen molar-refractivity contribution < 1.29 is 9.59 Å². The molecular weight excluding hydrogens is 226 g/mol. The van der Waals surface area contributed by atoms with Gasteiger partial charge in [0.1, 0.15) is 0 Å². The number of nitrogens with zero attached hydrogens (tertiary/aromatic N) is 1. The van der Waals surface area contributed by atoms with Gasteiger partial charge in [0.05, 0.1) is 6.42 Å². The molecule has 0 aromatic heterocycles. The molecule has 1 amide bonds. The van der Waals surface area contributed by atoms with Gasteiger partial charge in [0.2, 0.25) is 5.91 Å². The third-order valence-corrected chi connectivity index (χ3v) is 3.37. The van der Waals surface area contributed by atoms with Crippen molar-refractivity contribution >= 4 is 11.7 Å². The molecule has 1 aliphatic rings. The van der Waals surface area contributed by atoms with Crippen LogP contribution in [0.3, 0.4) is 0 Å². The van der Waals surface area contributed by atoms with Gasteiger partial charge >= 0.3 is 0 Å². The van der Waals surface area contributed by atoms with Crippen LogP contribution in [0.25, 0.3) is 0 Å². The van der Waals surface area contributed by atoms with E-state index in [1.54, 1.807) is 12.1 Å². The van der Waals surface area contributed by atoms with Crippen LogP contribution < -0.4 is 0 Å². The van der Waals surface area contributed by atoms with Gasteiger partial charge in [-0.05, 0) is 12.8 Å². The number of likely N-dealkylation sites (tertiary alicyclic amines) is 1. The molecule has 1 aromatic rings. The quantitative estimate of drug-likeness (QED) is 0.606. The number of benzene rings is 1. The first-order valence-corrected chi connectivity index (χ1v) is 6.63. The molecule has 96 valence electrons. The monoisotopic (exact) mass is 245 g/mol. The van der Waals surface area contributed by atoms with E-state index in [-0.39, 0.29) is 18.1 Å². The van der Waals surface area contributed by atoms with Crippen molar-refractivity contribution in [1.82, 2.24) is 4.90 Å². The van der Waals surface area contributed by atoms with Crippen molar-refractivity contribution in [3.63, 3.8) is 0 Å². The minimum atomic E-state index is -0.0788. The zero-order valence-electron chi connectivity index (χ0n) is 10.6. The number of carbonyl (C=O) groups is 2. The summed E-state index contributed by atoms with van der Waals surface area (Å²) in [6, 6.07) is 9.04. The molecule has 0 aliphatic carbocycles. The van der Waals surface area contributed by atoms with E-state index in [9.17, 15) is 9.59 Å². The van der Waals surface area contributed by atoms with E-state index in [0.29, 0.717) is 5.56 Å². The van der Waals surface area contributed by atoms with Gasteiger partial charge in [0.25, 0.3) is 0 Å². The van der Waals surface area contributed by atoms with E-state index in [2.05, 4.69) is 0 Å². The summed E-state index contributed by atoms with van der Waals surface area (Å²) in [4.78, 5) is 25.8. The minimum Gasteiger partial charge on any atom is -0.342 e. The third kappa shape index (κ3) is 3.42. The maximum atomic E-state index is 12.0. The number of hydrogen-bond acceptors (Lipinski definition) is 2. The summed E-state index contributed by atoms with van der Waals surface area (Å²) in [6.45, 7) is 1.61. The summed E-state index contributed by atoms with van der Waals surface area (Å²) in [6.07, 6.45) is 4.51. The Morgan fingerprint density at radius 3 is 2.17 bits per heavy atom. The smallest absolute Gasteiger partial charge is 0.230 e. The van der Waals surface area contributed by atoms with Crippen LogP contribution in [0, 0.1) is 0 Å². The second-order valence-corrected chi connectivity index (χ2v) is 4.76. The molecule has 0 saturated carbocycles. The average molecular weight is 245 g/mol. The molecule has 18 heavy (non-hydrogen) atoms. The number of rotatable bonds is 3. The van der Waals surface area contributed by atoms with E-state index in [1.165, 1.54) is 12.8 Å². The topological polar surface area (TPSA) is 37.4 Å². The molecule has 3 nitrogen and oxygen atoms in total. The van der Waals surface area contributed by atoms with Crippen LogP contribution in [-0.4, -0.2) is 29.7 Å². The van der Waals surface area contributed by atoms with Crippen LogP contribution in [-0.2, 0) is 4.79 Å². The predicted octanol–water partition coefficient (Wildman–Crippen LogP) is 2.66. The van der Waals surface area contributed by atoms with E-state index >= 15 is 0 Å². The van der Waals surface area contributed by atoms with Gasteiger partial charge < -0.3 is 4.90 Å². The van der Waals surface area contributed by atoms with Crippen LogP contribution in [0.15, 0.2) is 30.3 Å². The van der Waals surface area contributed by atoms with E-state index in [4.69, 9.17) is 0 Å². The number of Topliss-reactive ketones (excluding diaryl/α,β-unsaturated/α-hetero) is 1. The first-order chi connectivity index (χ1) is 8.77. The van der Waals surface area contributed by atoms with E-state index in [0.717, 1.165) is 25.9 Å². The number of ketones is 1. The first-order valence-electron chi connectivity index (χ1n) is 6.63. The van der Waals surface area contributed by atoms with Gasteiger partial charge in [-0.3, -0.25) is 9.59 Å². The molecular formula is C15H19NO2. The largest absolute Gasteiger partial charge is 0.342 e. The Balaban J connectivity index is 1.92. The summed E-state index contributed by atoms with van der Waals surface area (Å²) < 4.78 is 0. The van der Waals surface area contributed by atoms with Gasteiger partial charge in [-0.15, -0.1) is 0 Å². The highest BCUT2D eigenvalue weighted by molar-refractivity contribution is 6.07. The molecule has 1 heterocycles. The van der Waals surface area contributed by atoms with Crippen molar-refractivity contribution in [2.24, 2.45) is 0 Å². The summed E-state index contributed by atoms with van der Waals surface area (Å²) in [7, 11) is 0. The molecule has 0 radical (unpaired) electrons. The van der Waals surface area contributed by atoms with Crippen LogP contribution >= 0.6 is 0 Å². The fraction of sp³-hybridized carbons (Fsp3) is 0.467. The first kappa shape index (κ1) is 12.8. The Bertz CT molecular complexity index is 406. The van der Waals surface area contributed by atoms with Crippen LogP contribution in [0.2, 0.25) is 0 Å². The fourth-order valence-electron chi connectivity index (χ4n) is 2.30. The van der Waals surface area contributed by atoms with E-state index < -0.39 is 0 Å². The Labute approximate surface area is 108 Å². The summed E-state index contributed by atoms with van der Waals surface area (Å²) in [5.41, 5.74) is 0.626. The summed E-state index contributed by atoms with van der Waals surface area (Å²) in [5.74, 6) is -0.101. The average Bonchev–Trinajstić information content (AvgIpc) is 2.68. The summed E-state index contributed by atoms with van der Waals surface area (Å²) in [5, 5.41) is 0. The van der Waals surface area contributed by atoms with Crippen molar-refractivity contribution in [1.29, 1.82) is 0 Å². The molecule has 0 bridgehead atoms. The Morgan fingerprint density at radius 2 is 1.56 bits per heavy atom. The standard InChI is InChI=1S/C15H19NO2/c17-14(13-8-4-3-5-9-13)12-15(18)16-10-6-1-2-7-11-16/h3-5,8-9H,1-2,6-7,10-12H2. The lowest BCUT2D eigenvalue weighted by atomic mass is 10.1. The minimum absolute atomic E-state index is 0.00398. The molecule has 1 saturated heterocycles. The molecule has 0 unspecified atom stereocenters. The maximum Gasteiger partial charge on any atom is 0.230 e.